The Hall–Kier alpha value is -11.9. The average molecular weight is 1830 g/mol. The summed E-state index contributed by atoms with van der Waals surface area (Å²) in [6.07, 6.45) is 12.3. The number of nitrogens with zero attached hydrogens (tertiary/aromatic N) is 9. The van der Waals surface area contributed by atoms with E-state index < -0.39 is 87.3 Å². The van der Waals surface area contributed by atoms with Gasteiger partial charge in [-0.15, -0.1) is 23.5 Å². The third-order valence-electron chi connectivity index (χ3n) is 18.8. The summed E-state index contributed by atoms with van der Waals surface area (Å²) in [4.78, 5) is 155. The van der Waals surface area contributed by atoms with Crippen LogP contribution in [0.4, 0.5) is 28.4 Å². The van der Waals surface area contributed by atoms with E-state index >= 15 is 0 Å². The Balaban J connectivity index is 0.000000160. The van der Waals surface area contributed by atoms with Crippen LogP contribution < -0.4 is 48.1 Å². The van der Waals surface area contributed by atoms with Crippen LogP contribution in [0.15, 0.2) is 141 Å². The maximum absolute atomic E-state index is 12.9. The number of ether oxygens (including phenoxy) is 3. The Bertz CT molecular complexity index is 5730. The van der Waals surface area contributed by atoms with E-state index in [0.717, 1.165) is 43.4 Å². The van der Waals surface area contributed by atoms with Crippen molar-refractivity contribution in [3.05, 3.63) is 210 Å². The van der Waals surface area contributed by atoms with E-state index in [1.165, 1.54) is 110 Å². The van der Waals surface area contributed by atoms with Gasteiger partial charge in [-0.05, 0) is 135 Å². The molecule has 122 heavy (non-hydrogen) atoms. The SMILES string of the molecule is CC1=NN(c2c(Cl)c(Cl)c(Cl)c(Cl)c2Cl)C(=O)C1C1OCCO1.CCCCCCCCCCCCOC(=O)c1cccc(N2NC(=O)C(C3SCCS3)C2=O)c1.O=Cc1c(O)n(-c2ccc(NC(=O)C(=O)Nc3ccc(-n4[nH]c(=O)c(C=O)c4O)cc3)cc2)[nH]c1=O.O=Cc1c(O)n(-c2ccc(NC(=O)c3cccc(-n4[nH]nnc4=S)c3)cc2)[nH]c1=O. The summed E-state index contributed by atoms with van der Waals surface area (Å²) in [7, 11) is 0. The maximum Gasteiger partial charge on any atom is 0.338 e. The molecule has 4 aromatic heterocycles. The molecular weight excluding hydrogens is 1750 g/mol. The molecule has 14 rings (SSSR count). The monoisotopic (exact) mass is 1820 g/mol. The van der Waals surface area contributed by atoms with Gasteiger partial charge >= 0.3 is 17.8 Å². The van der Waals surface area contributed by atoms with Crippen molar-refractivity contribution < 1.29 is 77.5 Å². The first-order valence-electron chi connectivity index (χ1n) is 37.3. The first kappa shape index (κ1) is 90.8. The third kappa shape index (κ3) is 21.3. The zero-order valence-corrected chi connectivity index (χ0v) is 70.4. The van der Waals surface area contributed by atoms with Gasteiger partial charge in [0.1, 0.15) is 34.2 Å². The summed E-state index contributed by atoms with van der Waals surface area (Å²) in [6.45, 7) is 5.16. The zero-order valence-electron chi connectivity index (χ0n) is 64.2. The summed E-state index contributed by atoms with van der Waals surface area (Å²) in [5.41, 5.74) is 3.58. The topological polar surface area (TPSA) is 486 Å². The number of rotatable bonds is 27. The van der Waals surface area contributed by atoms with Crippen LogP contribution in [0, 0.1) is 16.6 Å². The largest absolute Gasteiger partial charge is 0.493 e. The number of anilines is 5. The lowest BCUT2D eigenvalue weighted by Crippen LogP contribution is -2.36. The van der Waals surface area contributed by atoms with Crippen LogP contribution in [0.2, 0.25) is 25.1 Å². The number of halogens is 5. The van der Waals surface area contributed by atoms with Crippen molar-refractivity contribution in [2.45, 2.75) is 88.9 Å². The van der Waals surface area contributed by atoms with Crippen molar-refractivity contribution in [2.75, 3.05) is 57.3 Å². The second-order valence-electron chi connectivity index (χ2n) is 26.9. The molecule has 0 radical (unpaired) electrons. The van der Waals surface area contributed by atoms with E-state index in [0.29, 0.717) is 59.4 Å². The fraction of sp³-hybridized carbons (Fsp3) is 0.269. The summed E-state index contributed by atoms with van der Waals surface area (Å²) in [5, 5.41) is 60.8. The summed E-state index contributed by atoms with van der Waals surface area (Å²) >= 11 is 38.8. The Kier molecular flexibility index (Phi) is 31.3. The number of amides is 6. The minimum Gasteiger partial charge on any atom is -0.493 e. The molecule has 8 heterocycles. The number of thioether (sulfide) groups is 2. The molecule has 6 aromatic carbocycles. The van der Waals surface area contributed by atoms with Crippen molar-refractivity contribution in [3.8, 4) is 40.4 Å². The Labute approximate surface area is 729 Å². The summed E-state index contributed by atoms with van der Waals surface area (Å²) < 4.78 is 20.9. The lowest BCUT2D eigenvalue weighted by molar-refractivity contribution is -0.132. The van der Waals surface area contributed by atoms with Crippen LogP contribution in [-0.4, -0.2) is 173 Å². The van der Waals surface area contributed by atoms with Gasteiger partial charge in [0.25, 0.3) is 40.3 Å². The fourth-order valence-corrected chi connectivity index (χ4v) is 17.0. The number of tetrazole rings is 1. The number of carbonyl (C=O) groups is 10. The van der Waals surface area contributed by atoms with Crippen LogP contribution in [0.25, 0.3) is 22.7 Å². The molecule has 0 saturated carbocycles. The van der Waals surface area contributed by atoms with Crippen LogP contribution >= 0.6 is 93.7 Å². The molecule has 44 heteroatoms. The Morgan fingerprint density at radius 3 is 1.43 bits per heavy atom. The molecule has 4 aliphatic rings. The molecule has 0 aliphatic carbocycles. The van der Waals surface area contributed by atoms with Gasteiger partial charge in [0, 0.05) is 34.1 Å². The first-order valence-corrected chi connectivity index (χ1v) is 41.7. The van der Waals surface area contributed by atoms with E-state index in [1.807, 2.05) is 0 Å². The van der Waals surface area contributed by atoms with Gasteiger partial charge in [-0.3, -0.25) is 78.3 Å². The minimum atomic E-state index is -0.990. The van der Waals surface area contributed by atoms with Gasteiger partial charge in [-0.25, -0.2) is 28.5 Å². The van der Waals surface area contributed by atoms with E-state index in [2.05, 4.69) is 64.2 Å². The quantitative estimate of drug-likeness (QED) is 0.00333. The van der Waals surface area contributed by atoms with Crippen molar-refractivity contribution >= 4 is 188 Å². The highest BCUT2D eigenvalue weighted by atomic mass is 35.5. The van der Waals surface area contributed by atoms with Gasteiger partial charge in [-0.2, -0.15) is 15.3 Å². The van der Waals surface area contributed by atoms with Crippen molar-refractivity contribution in [3.63, 3.8) is 0 Å². The molecule has 0 bridgehead atoms. The van der Waals surface area contributed by atoms with Crippen molar-refractivity contribution in [1.29, 1.82) is 0 Å². The summed E-state index contributed by atoms with van der Waals surface area (Å²) in [5.74, 6) is -4.77. The second-order valence-corrected chi connectivity index (χ2v) is 31.9. The number of hydrogen-bond acceptors (Lipinski definition) is 25. The number of hydrazone groups is 1. The van der Waals surface area contributed by atoms with Gasteiger partial charge in [-0.1, -0.05) is 145 Å². The molecule has 36 nitrogen and oxygen atoms in total. The molecular formula is C78H74Cl5N17O19S3. The zero-order chi connectivity index (χ0) is 87.6. The molecule has 11 N–H and O–H groups in total. The number of hydrogen-bond donors (Lipinski definition) is 11. The van der Waals surface area contributed by atoms with Gasteiger partial charge in [0.2, 0.25) is 22.4 Å². The molecule has 638 valence electrons. The van der Waals surface area contributed by atoms with Crippen LogP contribution in [0.5, 0.6) is 17.6 Å². The number of aromatic amines is 4. The van der Waals surface area contributed by atoms with Gasteiger partial charge in [0.05, 0.1) is 89.2 Å². The summed E-state index contributed by atoms with van der Waals surface area (Å²) in [6, 6.07) is 31.1. The van der Waals surface area contributed by atoms with Crippen LogP contribution in [0.3, 0.4) is 0 Å². The van der Waals surface area contributed by atoms with E-state index in [4.69, 9.17) is 84.4 Å². The number of aldehydes is 3. The van der Waals surface area contributed by atoms with E-state index in [1.54, 1.807) is 103 Å². The number of benzene rings is 6. The number of aromatic hydroxyl groups is 3. The molecule has 2 unspecified atom stereocenters. The highest BCUT2D eigenvalue weighted by molar-refractivity contribution is 8.20. The maximum atomic E-state index is 12.9. The smallest absolute Gasteiger partial charge is 0.338 e. The molecule has 0 spiro atoms. The van der Waals surface area contributed by atoms with Crippen LogP contribution in [0.1, 0.15) is 130 Å². The molecule has 4 aliphatic heterocycles. The number of carbonyl (C=O) groups excluding carboxylic acids is 10. The molecule has 3 saturated heterocycles. The van der Waals surface area contributed by atoms with Crippen molar-refractivity contribution in [1.82, 2.24) is 55.0 Å². The number of H-pyrrole nitrogens is 4. The minimum absolute atomic E-state index is 0.00444. The number of nitrogens with one attached hydrogen (secondary N) is 8. The number of esters is 1. The second kappa shape index (κ2) is 42.0. The van der Waals surface area contributed by atoms with Gasteiger partial charge in [0.15, 0.2) is 25.1 Å². The predicted octanol–water partition coefficient (Wildman–Crippen LogP) is 12.1. The highest BCUT2D eigenvalue weighted by Gasteiger charge is 2.47. The standard InChI is InChI=1S/C25H36N2O4S2.C22H16N6O8.C18H13N7O4S.C13H9Cl5N2O3/c1-2-3-4-5-6-7-8-9-10-11-15-31-24(30)19-13-12-14-20(18-19)27-23(29)21(22(28)26-27)25-32-16-17-33-25;29-9-15-17(31)25-27(21(15)35)13-5-1-11(2-6-13)23-19(33)20(34)24-12-3-7-14(8-4-12)28-22(36)16(10-30)18(32)26-28;26-9-14-16(28)21-24(17(14)29)12-6-4-11(5-7-12)19-15(27)10-2-1-3-13(8-10)25-18(30)20-22-23-25;1-4-5(13-22-2-3-23-13)12(21)20(19-4)11-9(17)7(15)6(14)8(16)10(11)18/h12-14,18,21,25H,2-11,15-17H2,1H3,(H,26,28);1-10,35-36H,(H,23,33)(H,24,34)(H,25,31)(H,26,32);1-9,29H,(H,19,27)(H,21,28)(H,20,23,30);5,13H,2-3H2,1H3. The normalized spacial score (nSPS) is 15.0. The lowest BCUT2D eigenvalue weighted by atomic mass is 10.0. The fourth-order valence-electron chi connectivity index (χ4n) is 12.5. The predicted molar refractivity (Wildman–Crippen MR) is 460 cm³/mol. The molecule has 10 aromatic rings. The molecule has 3 fully saturated rings. The Morgan fingerprint density at radius 2 is 0.984 bits per heavy atom. The van der Waals surface area contributed by atoms with Crippen LogP contribution in [-0.2, 0) is 38.2 Å². The molecule has 6 amide bonds. The van der Waals surface area contributed by atoms with Crippen molar-refractivity contribution in [2.24, 2.45) is 16.9 Å². The number of hydrazine groups is 1. The lowest BCUT2D eigenvalue weighted by Gasteiger charge is -2.20. The van der Waals surface area contributed by atoms with E-state index in [9.17, 15) is 77.6 Å². The molecule has 2 atom stereocenters. The Morgan fingerprint density at radius 1 is 0.549 bits per heavy atom. The van der Waals surface area contributed by atoms with Gasteiger partial charge < -0.3 is 45.5 Å². The number of unbranched alkanes of at least 4 members (excludes halogenated alkanes) is 9. The van der Waals surface area contributed by atoms with E-state index in [-0.39, 0.29) is 105 Å². The third-order valence-corrected chi connectivity index (χ3v) is 24.4. The average Bonchev–Trinajstić information content (AvgIpc) is 1.59. The highest BCUT2D eigenvalue weighted by Crippen LogP contribution is 2.50. The number of aromatic nitrogens is 10. The first-order chi connectivity index (χ1) is 58.7.